The third kappa shape index (κ3) is 5.28. The lowest BCUT2D eigenvalue weighted by molar-refractivity contribution is 0.748. The molecule has 0 atom stereocenters. The van der Waals surface area contributed by atoms with Gasteiger partial charge in [0.2, 0.25) is 0 Å². The Morgan fingerprint density at radius 2 is 0.722 bits per heavy atom. The molecular weight excluding hydrogens is 911 g/mol. The second-order valence-electron chi connectivity index (χ2n) is 19.1. The van der Waals surface area contributed by atoms with Gasteiger partial charge in [-0.3, -0.25) is 0 Å². The number of benzene rings is 11. The van der Waals surface area contributed by atoms with Crippen LogP contribution in [0.5, 0.6) is 0 Å². The molecule has 0 fully saturated rings. The lowest BCUT2D eigenvalue weighted by atomic mass is 9.65. The molecule has 1 aliphatic carbocycles. The molecule has 4 heterocycles. The Hall–Kier alpha value is -8.74. The van der Waals surface area contributed by atoms with Gasteiger partial charge in [0.1, 0.15) is 0 Å². The Morgan fingerprint density at radius 3 is 1.32 bits per heavy atom. The highest BCUT2D eigenvalue weighted by Gasteiger charge is 2.53. The quantitative estimate of drug-likeness (QED) is 0.165. The molecule has 0 radical (unpaired) electrons. The third-order valence-corrected chi connectivity index (χ3v) is 18.0. The maximum atomic E-state index is 2.56. The summed E-state index contributed by atoms with van der Waals surface area (Å²) in [5, 5.41) is 7.64. The molecule has 16 rings (SSSR count). The first-order valence-electron chi connectivity index (χ1n) is 24.7. The molecule has 336 valence electrons. The average molecular weight is 952 g/mol. The van der Waals surface area contributed by atoms with Crippen molar-refractivity contribution in [2.24, 2.45) is 0 Å². The SMILES string of the molecule is c1ccc(N(c2cccc3c2-c2c(N(c4ccccc4)c4cccc5c4sc4ccccc45)cccc2C32c3ccccc3-n3c4ccccc4c4cccc2c43)c2cccc3c2sc2ccccc23)cc1. The predicted octanol–water partition coefficient (Wildman–Crippen LogP) is 19.1. The Morgan fingerprint density at radius 1 is 0.306 bits per heavy atom. The zero-order chi connectivity index (χ0) is 47.1. The van der Waals surface area contributed by atoms with Crippen molar-refractivity contribution in [3.05, 3.63) is 271 Å². The van der Waals surface area contributed by atoms with E-state index in [1.807, 2.05) is 22.7 Å². The van der Waals surface area contributed by atoms with E-state index in [1.165, 1.54) is 101 Å². The molecule has 3 aromatic heterocycles. The maximum Gasteiger partial charge on any atom is 0.0756 e. The minimum Gasteiger partial charge on any atom is -0.309 e. The summed E-state index contributed by atoms with van der Waals surface area (Å²) >= 11 is 3.76. The summed E-state index contributed by atoms with van der Waals surface area (Å²) in [4.78, 5) is 5.12. The zero-order valence-corrected chi connectivity index (χ0v) is 40.5. The van der Waals surface area contributed by atoms with Crippen LogP contribution >= 0.6 is 22.7 Å². The Labute approximate surface area is 423 Å². The highest BCUT2D eigenvalue weighted by atomic mass is 32.1. The van der Waals surface area contributed by atoms with Crippen LogP contribution in [0.2, 0.25) is 0 Å². The van der Waals surface area contributed by atoms with E-state index in [9.17, 15) is 0 Å². The first-order chi connectivity index (χ1) is 35.8. The number of fused-ring (bicyclic) bond motifs is 18. The van der Waals surface area contributed by atoms with Crippen LogP contribution in [0.25, 0.3) is 79.0 Å². The van der Waals surface area contributed by atoms with Gasteiger partial charge in [0.15, 0.2) is 0 Å². The van der Waals surface area contributed by atoms with Crippen LogP contribution in [0.1, 0.15) is 22.3 Å². The van der Waals surface area contributed by atoms with Crippen molar-refractivity contribution < 1.29 is 0 Å². The van der Waals surface area contributed by atoms with E-state index >= 15 is 0 Å². The molecule has 14 aromatic rings. The first-order valence-corrected chi connectivity index (χ1v) is 26.3. The summed E-state index contributed by atoms with van der Waals surface area (Å²) in [5.41, 5.74) is 17.4. The minimum atomic E-state index is -0.699. The van der Waals surface area contributed by atoms with Crippen molar-refractivity contribution in [1.82, 2.24) is 4.57 Å². The fourth-order valence-electron chi connectivity index (χ4n) is 12.8. The molecule has 0 saturated heterocycles. The summed E-state index contributed by atoms with van der Waals surface area (Å²) in [7, 11) is 0. The third-order valence-electron chi connectivity index (χ3n) is 15.6. The molecule has 11 aromatic carbocycles. The van der Waals surface area contributed by atoms with Gasteiger partial charge in [-0.05, 0) is 95.1 Å². The van der Waals surface area contributed by atoms with Gasteiger partial charge in [-0.2, -0.15) is 0 Å². The Bertz CT molecular complexity index is 4340. The normalized spacial score (nSPS) is 13.1. The molecule has 3 nitrogen and oxygen atoms in total. The van der Waals surface area contributed by atoms with Crippen LogP contribution in [0.3, 0.4) is 0 Å². The van der Waals surface area contributed by atoms with E-state index in [0.29, 0.717) is 0 Å². The molecule has 0 amide bonds. The van der Waals surface area contributed by atoms with E-state index in [4.69, 9.17) is 0 Å². The van der Waals surface area contributed by atoms with Gasteiger partial charge in [-0.1, -0.05) is 176 Å². The molecule has 0 saturated carbocycles. The lowest BCUT2D eigenvalue weighted by Crippen LogP contribution is -2.33. The molecule has 1 aliphatic heterocycles. The second-order valence-corrected chi connectivity index (χ2v) is 21.2. The fraction of sp³-hybridized carbons (Fsp3) is 0.0149. The van der Waals surface area contributed by atoms with Crippen molar-refractivity contribution in [3.63, 3.8) is 0 Å². The van der Waals surface area contributed by atoms with E-state index in [-0.39, 0.29) is 0 Å². The topological polar surface area (TPSA) is 11.4 Å². The van der Waals surface area contributed by atoms with Crippen LogP contribution in [0.15, 0.2) is 249 Å². The van der Waals surface area contributed by atoms with Crippen molar-refractivity contribution in [2.45, 2.75) is 5.41 Å². The Balaban J connectivity index is 1.09. The highest BCUT2D eigenvalue weighted by Crippen LogP contribution is 2.66. The van der Waals surface area contributed by atoms with Gasteiger partial charge in [-0.15, -0.1) is 22.7 Å². The van der Waals surface area contributed by atoms with E-state index < -0.39 is 5.41 Å². The van der Waals surface area contributed by atoms with Crippen LogP contribution in [0.4, 0.5) is 34.1 Å². The number of rotatable bonds is 6. The van der Waals surface area contributed by atoms with Crippen molar-refractivity contribution in [2.75, 3.05) is 9.80 Å². The summed E-state index contributed by atoms with van der Waals surface area (Å²) < 4.78 is 7.65. The zero-order valence-electron chi connectivity index (χ0n) is 38.8. The van der Waals surface area contributed by atoms with Crippen LogP contribution in [-0.2, 0) is 5.41 Å². The van der Waals surface area contributed by atoms with Crippen LogP contribution < -0.4 is 9.80 Å². The van der Waals surface area contributed by atoms with E-state index in [2.05, 4.69) is 263 Å². The second kappa shape index (κ2) is 15.1. The smallest absolute Gasteiger partial charge is 0.0756 e. The lowest BCUT2D eigenvalue weighted by Gasteiger charge is -2.40. The minimum absolute atomic E-state index is 0.699. The van der Waals surface area contributed by atoms with Gasteiger partial charge in [0.25, 0.3) is 0 Å². The van der Waals surface area contributed by atoms with E-state index in [0.717, 1.165) is 34.1 Å². The number of nitrogens with zero attached hydrogens (tertiary/aromatic N) is 3. The van der Waals surface area contributed by atoms with Gasteiger partial charge in [0.05, 0.1) is 54.3 Å². The predicted molar refractivity (Wildman–Crippen MR) is 307 cm³/mol. The average Bonchev–Trinajstić information content (AvgIpc) is 4.20. The van der Waals surface area contributed by atoms with Gasteiger partial charge in [-0.25, -0.2) is 0 Å². The standard InChI is InChI=1S/C67H41N3S2/c1-3-20-42(21-4-1)68(58-38-16-28-48-45-25-8-13-40-60(45)71-65(48)58)56-36-18-31-51-62(56)63-52(67(51)50-30-10-12-35-55(50)70-54-34-11-7-24-44(54)47-27-15-33-53(67)64(47)70)32-19-37-57(63)69(43-22-5-2-6-23-43)59-39-17-29-49-46-26-9-14-41-61(46)72-66(49)59/h1-41H. The maximum absolute atomic E-state index is 2.56. The molecule has 0 unspecified atom stereocenters. The number of anilines is 6. The number of hydrogen-bond acceptors (Lipinski definition) is 4. The van der Waals surface area contributed by atoms with Gasteiger partial charge in [0, 0.05) is 64.2 Å². The number of thiophene rings is 2. The van der Waals surface area contributed by atoms with E-state index in [1.54, 1.807) is 0 Å². The van der Waals surface area contributed by atoms with Crippen LogP contribution in [-0.4, -0.2) is 4.57 Å². The van der Waals surface area contributed by atoms with Crippen molar-refractivity contribution in [3.8, 4) is 16.8 Å². The number of aromatic nitrogens is 1. The molecule has 72 heavy (non-hydrogen) atoms. The van der Waals surface area contributed by atoms with Gasteiger partial charge >= 0.3 is 0 Å². The fourth-order valence-corrected chi connectivity index (χ4v) is 15.2. The molecule has 2 aliphatic rings. The summed E-state index contributed by atoms with van der Waals surface area (Å²) in [6.45, 7) is 0. The molecule has 0 bridgehead atoms. The largest absolute Gasteiger partial charge is 0.309 e. The van der Waals surface area contributed by atoms with Crippen molar-refractivity contribution >= 4 is 119 Å². The summed E-state index contributed by atoms with van der Waals surface area (Å²) in [6, 6.07) is 93.0. The Kier molecular flexibility index (Phi) is 8.41. The van der Waals surface area contributed by atoms with Crippen molar-refractivity contribution in [1.29, 1.82) is 0 Å². The first kappa shape index (κ1) is 40.0. The number of para-hydroxylation sites is 5. The highest BCUT2D eigenvalue weighted by molar-refractivity contribution is 7.26. The van der Waals surface area contributed by atoms with Crippen LogP contribution in [0, 0.1) is 0 Å². The van der Waals surface area contributed by atoms with Gasteiger partial charge < -0.3 is 14.4 Å². The molecule has 0 N–H and O–H groups in total. The molecule has 1 spiro atoms. The number of hydrogen-bond donors (Lipinski definition) is 0. The molecular formula is C67H41N3S2. The summed E-state index contributed by atoms with van der Waals surface area (Å²) in [6.07, 6.45) is 0. The monoisotopic (exact) mass is 951 g/mol. The molecule has 5 heteroatoms. The summed E-state index contributed by atoms with van der Waals surface area (Å²) in [5.74, 6) is 0.